The molecule has 0 aliphatic heterocycles. The van der Waals surface area contributed by atoms with Crippen LogP contribution in [0, 0.1) is 0 Å². The SMILES string of the molecule is Oc1ccc(CCNCc2cc(Br)c(O)c(Br)c2)cc1. The van der Waals surface area contributed by atoms with Crippen LogP contribution in [0.3, 0.4) is 0 Å². The molecule has 106 valence electrons. The van der Waals surface area contributed by atoms with E-state index in [0.29, 0.717) is 14.7 Å². The van der Waals surface area contributed by atoms with Gasteiger partial charge in [-0.15, -0.1) is 0 Å². The van der Waals surface area contributed by atoms with Crippen molar-refractivity contribution in [2.45, 2.75) is 13.0 Å². The standard InChI is InChI=1S/C15H15Br2NO2/c16-13-7-11(8-14(17)15(13)20)9-18-6-5-10-1-3-12(19)4-2-10/h1-4,7-8,18-20H,5-6,9H2. The van der Waals surface area contributed by atoms with Crippen molar-refractivity contribution in [1.29, 1.82) is 0 Å². The average Bonchev–Trinajstić information content (AvgIpc) is 2.43. The molecule has 2 aromatic carbocycles. The topological polar surface area (TPSA) is 52.5 Å². The summed E-state index contributed by atoms with van der Waals surface area (Å²) in [5, 5.41) is 22.2. The monoisotopic (exact) mass is 399 g/mol. The predicted octanol–water partition coefficient (Wildman–Crippen LogP) is 3.96. The maximum Gasteiger partial charge on any atom is 0.143 e. The average molecular weight is 401 g/mol. The van der Waals surface area contributed by atoms with Crippen LogP contribution in [0.25, 0.3) is 0 Å². The summed E-state index contributed by atoms with van der Waals surface area (Å²) in [6, 6.07) is 11.0. The van der Waals surface area contributed by atoms with Gasteiger partial charge in [-0.1, -0.05) is 12.1 Å². The molecule has 20 heavy (non-hydrogen) atoms. The summed E-state index contributed by atoms with van der Waals surface area (Å²) in [6.45, 7) is 1.58. The Morgan fingerprint density at radius 2 is 1.50 bits per heavy atom. The third-order valence-electron chi connectivity index (χ3n) is 2.93. The minimum absolute atomic E-state index is 0.220. The zero-order valence-electron chi connectivity index (χ0n) is 10.7. The molecule has 5 heteroatoms. The molecule has 0 saturated carbocycles. The van der Waals surface area contributed by atoms with Crippen LogP contribution in [0.2, 0.25) is 0 Å². The summed E-state index contributed by atoms with van der Waals surface area (Å²) >= 11 is 6.64. The Kier molecular flexibility index (Phi) is 5.46. The predicted molar refractivity (Wildman–Crippen MR) is 87.0 cm³/mol. The Hall–Kier alpha value is -1.04. The molecular formula is C15H15Br2NO2. The van der Waals surface area contributed by atoms with Gasteiger partial charge in [0.2, 0.25) is 0 Å². The van der Waals surface area contributed by atoms with Gasteiger partial charge in [0.05, 0.1) is 8.95 Å². The number of aromatic hydroxyl groups is 2. The highest BCUT2D eigenvalue weighted by molar-refractivity contribution is 9.11. The van der Waals surface area contributed by atoms with Gasteiger partial charge in [-0.05, 0) is 80.2 Å². The van der Waals surface area contributed by atoms with Gasteiger partial charge in [-0.25, -0.2) is 0 Å². The Balaban J connectivity index is 1.83. The second kappa shape index (κ2) is 7.11. The third-order valence-corrected chi connectivity index (χ3v) is 4.14. The molecule has 0 aliphatic rings. The number of halogens is 2. The molecule has 0 bridgehead atoms. The van der Waals surface area contributed by atoms with Crippen molar-refractivity contribution in [3.8, 4) is 11.5 Å². The molecule has 0 radical (unpaired) electrons. The molecule has 3 N–H and O–H groups in total. The fourth-order valence-electron chi connectivity index (χ4n) is 1.85. The van der Waals surface area contributed by atoms with Crippen molar-refractivity contribution in [2.24, 2.45) is 0 Å². The summed E-state index contributed by atoms with van der Waals surface area (Å²) in [6.07, 6.45) is 0.903. The van der Waals surface area contributed by atoms with Gasteiger partial charge in [0.25, 0.3) is 0 Å². The number of benzene rings is 2. The van der Waals surface area contributed by atoms with Crippen molar-refractivity contribution in [3.63, 3.8) is 0 Å². The molecule has 3 nitrogen and oxygen atoms in total. The molecule has 0 atom stereocenters. The first-order chi connectivity index (χ1) is 9.56. The fourth-order valence-corrected chi connectivity index (χ4v) is 3.13. The number of phenolic OH excluding ortho intramolecular Hbond substituents is 2. The van der Waals surface area contributed by atoms with Crippen LogP contribution >= 0.6 is 31.9 Å². The number of hydrogen-bond donors (Lipinski definition) is 3. The van der Waals surface area contributed by atoms with E-state index in [-0.39, 0.29) is 5.75 Å². The highest BCUT2D eigenvalue weighted by Gasteiger charge is 2.05. The van der Waals surface area contributed by atoms with E-state index in [1.807, 2.05) is 24.3 Å². The maximum absolute atomic E-state index is 9.64. The number of hydrogen-bond acceptors (Lipinski definition) is 3. The quantitative estimate of drug-likeness (QED) is 0.666. The zero-order chi connectivity index (χ0) is 14.5. The smallest absolute Gasteiger partial charge is 0.143 e. The summed E-state index contributed by atoms with van der Waals surface area (Å²) in [5.41, 5.74) is 2.27. The van der Waals surface area contributed by atoms with E-state index in [1.54, 1.807) is 12.1 Å². The normalized spacial score (nSPS) is 10.7. The summed E-state index contributed by atoms with van der Waals surface area (Å²) in [4.78, 5) is 0. The van der Waals surface area contributed by atoms with Crippen LogP contribution in [0.15, 0.2) is 45.3 Å². The van der Waals surface area contributed by atoms with Crippen LogP contribution in [0.1, 0.15) is 11.1 Å². The van der Waals surface area contributed by atoms with Gasteiger partial charge in [-0.2, -0.15) is 0 Å². The lowest BCUT2D eigenvalue weighted by atomic mass is 10.1. The minimum Gasteiger partial charge on any atom is -0.508 e. The van der Waals surface area contributed by atoms with E-state index in [1.165, 1.54) is 5.56 Å². The number of nitrogens with one attached hydrogen (secondary N) is 1. The second-order valence-electron chi connectivity index (χ2n) is 4.50. The van der Waals surface area contributed by atoms with Crippen LogP contribution in [0.4, 0.5) is 0 Å². The maximum atomic E-state index is 9.64. The van der Waals surface area contributed by atoms with Crippen LogP contribution in [-0.4, -0.2) is 16.8 Å². The highest BCUT2D eigenvalue weighted by atomic mass is 79.9. The minimum atomic E-state index is 0.220. The molecule has 0 aliphatic carbocycles. The van der Waals surface area contributed by atoms with Gasteiger partial charge in [-0.3, -0.25) is 0 Å². The highest BCUT2D eigenvalue weighted by Crippen LogP contribution is 2.33. The van der Waals surface area contributed by atoms with E-state index in [2.05, 4.69) is 37.2 Å². The van der Waals surface area contributed by atoms with Crippen LogP contribution < -0.4 is 5.32 Å². The van der Waals surface area contributed by atoms with Gasteiger partial charge in [0, 0.05) is 6.54 Å². The molecule has 0 fully saturated rings. The van der Waals surface area contributed by atoms with Crippen molar-refractivity contribution >= 4 is 31.9 Å². The lowest BCUT2D eigenvalue weighted by Crippen LogP contribution is -2.16. The van der Waals surface area contributed by atoms with E-state index in [9.17, 15) is 10.2 Å². The Morgan fingerprint density at radius 1 is 0.900 bits per heavy atom. The Labute approximate surface area is 134 Å². The molecule has 2 rings (SSSR count). The van der Waals surface area contributed by atoms with Gasteiger partial charge >= 0.3 is 0 Å². The van der Waals surface area contributed by atoms with Crippen LogP contribution in [0.5, 0.6) is 11.5 Å². The summed E-state index contributed by atoms with van der Waals surface area (Å²) in [5.74, 6) is 0.512. The van der Waals surface area contributed by atoms with Crippen molar-refractivity contribution in [2.75, 3.05) is 6.54 Å². The van der Waals surface area contributed by atoms with Crippen LogP contribution in [-0.2, 0) is 13.0 Å². The first-order valence-corrected chi connectivity index (χ1v) is 7.80. The van der Waals surface area contributed by atoms with Gasteiger partial charge in [0.1, 0.15) is 11.5 Å². The molecule has 2 aromatic rings. The molecule has 0 saturated heterocycles. The van der Waals surface area contributed by atoms with Crippen molar-refractivity contribution < 1.29 is 10.2 Å². The fraction of sp³-hybridized carbons (Fsp3) is 0.200. The summed E-state index contributed by atoms with van der Waals surface area (Å²) < 4.78 is 1.37. The first kappa shape index (κ1) is 15.4. The van der Waals surface area contributed by atoms with Crippen molar-refractivity contribution in [1.82, 2.24) is 5.32 Å². The van der Waals surface area contributed by atoms with E-state index >= 15 is 0 Å². The molecule has 0 amide bonds. The first-order valence-electron chi connectivity index (χ1n) is 6.22. The molecule has 0 spiro atoms. The van der Waals surface area contributed by atoms with E-state index < -0.39 is 0 Å². The molecule has 0 heterocycles. The number of phenols is 2. The number of rotatable bonds is 5. The lowest BCUT2D eigenvalue weighted by molar-refractivity contribution is 0.468. The molecular weight excluding hydrogens is 386 g/mol. The molecule has 0 aromatic heterocycles. The van der Waals surface area contributed by atoms with Gasteiger partial charge < -0.3 is 15.5 Å². The molecule has 0 unspecified atom stereocenters. The van der Waals surface area contributed by atoms with E-state index in [0.717, 1.165) is 25.1 Å². The van der Waals surface area contributed by atoms with Crippen molar-refractivity contribution in [3.05, 3.63) is 56.5 Å². The second-order valence-corrected chi connectivity index (χ2v) is 6.21. The summed E-state index contributed by atoms with van der Waals surface area (Å²) in [7, 11) is 0. The zero-order valence-corrected chi connectivity index (χ0v) is 13.9. The van der Waals surface area contributed by atoms with Gasteiger partial charge in [0.15, 0.2) is 0 Å². The largest absolute Gasteiger partial charge is 0.508 e. The Morgan fingerprint density at radius 3 is 2.10 bits per heavy atom. The lowest BCUT2D eigenvalue weighted by Gasteiger charge is -2.08. The van der Waals surface area contributed by atoms with E-state index in [4.69, 9.17) is 0 Å². The Bertz CT molecular complexity index is 562. The third kappa shape index (κ3) is 4.23.